The van der Waals surface area contributed by atoms with Crippen LogP contribution in [0.1, 0.15) is 85.0 Å². The number of hydrogen-bond acceptors (Lipinski definition) is 1. The smallest absolute Gasteiger partial charge is 0.00698 e. The molecule has 1 heteroatoms. The Morgan fingerprint density at radius 1 is 0.684 bits per heavy atom. The molecule has 0 aliphatic heterocycles. The summed E-state index contributed by atoms with van der Waals surface area (Å²) in [5.41, 5.74) is 0. The fraction of sp³-hybridized carbons (Fsp3) is 1.00. The molecular formula is C18H35N. The van der Waals surface area contributed by atoms with E-state index in [-0.39, 0.29) is 0 Å². The first-order valence-electron chi connectivity index (χ1n) is 8.93. The molecule has 2 aliphatic carbocycles. The van der Waals surface area contributed by atoms with E-state index in [1.807, 2.05) is 0 Å². The highest BCUT2D eigenvalue weighted by Gasteiger charge is 2.26. The SMILES string of the molecule is CC(C)C1CCC(N[C@H](C)C2CCCCCC2)CC1. The molecule has 0 saturated heterocycles. The van der Waals surface area contributed by atoms with E-state index in [1.165, 1.54) is 64.2 Å². The molecular weight excluding hydrogens is 230 g/mol. The molecule has 0 aromatic carbocycles. The van der Waals surface area contributed by atoms with E-state index in [4.69, 9.17) is 0 Å². The Morgan fingerprint density at radius 3 is 1.79 bits per heavy atom. The van der Waals surface area contributed by atoms with Gasteiger partial charge in [-0.3, -0.25) is 0 Å². The first-order valence-corrected chi connectivity index (χ1v) is 8.93. The Balaban J connectivity index is 1.72. The predicted octanol–water partition coefficient (Wildman–Crippen LogP) is 5.15. The maximum absolute atomic E-state index is 3.98. The lowest BCUT2D eigenvalue weighted by molar-refractivity contribution is 0.212. The van der Waals surface area contributed by atoms with Crippen LogP contribution in [0.3, 0.4) is 0 Å². The first-order chi connectivity index (χ1) is 9.16. The fourth-order valence-electron chi connectivity index (χ4n) is 4.27. The molecule has 0 aromatic heterocycles. The van der Waals surface area contributed by atoms with Crippen molar-refractivity contribution in [3.8, 4) is 0 Å². The molecule has 2 aliphatic rings. The second-order valence-electron chi connectivity index (χ2n) is 7.56. The van der Waals surface area contributed by atoms with Crippen LogP contribution in [-0.4, -0.2) is 12.1 Å². The lowest BCUT2D eigenvalue weighted by atomic mass is 9.79. The second kappa shape index (κ2) is 7.67. The van der Waals surface area contributed by atoms with Crippen LogP contribution in [-0.2, 0) is 0 Å². The zero-order valence-electron chi connectivity index (χ0n) is 13.5. The standard InChI is InChI=1S/C18H35N/c1-14(2)16-10-12-18(13-11-16)19-15(3)17-8-6-4-5-7-9-17/h14-19H,4-13H2,1-3H3/t15-,16?,18?/m1/s1. The average molecular weight is 265 g/mol. The number of nitrogens with one attached hydrogen (secondary N) is 1. The van der Waals surface area contributed by atoms with Gasteiger partial charge in [0.25, 0.3) is 0 Å². The summed E-state index contributed by atoms with van der Waals surface area (Å²) in [6.07, 6.45) is 14.6. The number of rotatable bonds is 4. The first kappa shape index (κ1) is 15.4. The summed E-state index contributed by atoms with van der Waals surface area (Å²) < 4.78 is 0. The largest absolute Gasteiger partial charge is 0.311 e. The van der Waals surface area contributed by atoms with Crippen LogP contribution in [0.5, 0.6) is 0 Å². The molecule has 0 heterocycles. The second-order valence-corrected chi connectivity index (χ2v) is 7.56. The molecule has 1 N–H and O–H groups in total. The Kier molecular flexibility index (Phi) is 6.19. The normalized spacial score (nSPS) is 32.2. The summed E-state index contributed by atoms with van der Waals surface area (Å²) in [6.45, 7) is 7.24. The monoisotopic (exact) mass is 265 g/mol. The third-order valence-corrected chi connectivity index (χ3v) is 5.82. The molecule has 1 nitrogen and oxygen atoms in total. The van der Waals surface area contributed by atoms with Crippen molar-refractivity contribution >= 4 is 0 Å². The van der Waals surface area contributed by atoms with Crippen LogP contribution in [0.25, 0.3) is 0 Å². The van der Waals surface area contributed by atoms with Gasteiger partial charge in [0.1, 0.15) is 0 Å². The van der Waals surface area contributed by atoms with Crippen LogP contribution in [0.4, 0.5) is 0 Å². The van der Waals surface area contributed by atoms with Crippen molar-refractivity contribution in [3.05, 3.63) is 0 Å². The van der Waals surface area contributed by atoms with E-state index in [1.54, 1.807) is 0 Å². The summed E-state index contributed by atoms with van der Waals surface area (Å²) >= 11 is 0. The van der Waals surface area contributed by atoms with Gasteiger partial charge in [-0.25, -0.2) is 0 Å². The molecule has 2 fully saturated rings. The maximum Gasteiger partial charge on any atom is 0.00698 e. The molecule has 2 saturated carbocycles. The predicted molar refractivity (Wildman–Crippen MR) is 84.4 cm³/mol. The summed E-state index contributed by atoms with van der Waals surface area (Å²) in [7, 11) is 0. The average Bonchev–Trinajstić information content (AvgIpc) is 2.68. The van der Waals surface area contributed by atoms with E-state index in [9.17, 15) is 0 Å². The number of hydrogen-bond donors (Lipinski definition) is 1. The molecule has 112 valence electrons. The van der Waals surface area contributed by atoms with Crippen LogP contribution < -0.4 is 5.32 Å². The Hall–Kier alpha value is -0.0400. The van der Waals surface area contributed by atoms with Gasteiger partial charge in [-0.2, -0.15) is 0 Å². The highest BCUT2D eigenvalue weighted by Crippen LogP contribution is 2.31. The third-order valence-electron chi connectivity index (χ3n) is 5.82. The molecule has 0 radical (unpaired) electrons. The fourth-order valence-corrected chi connectivity index (χ4v) is 4.27. The van der Waals surface area contributed by atoms with E-state index in [0.717, 1.165) is 29.8 Å². The molecule has 0 amide bonds. The Labute approximate surface area is 120 Å². The Morgan fingerprint density at radius 2 is 1.26 bits per heavy atom. The van der Waals surface area contributed by atoms with E-state index in [2.05, 4.69) is 26.1 Å². The van der Waals surface area contributed by atoms with E-state index in [0.29, 0.717) is 0 Å². The molecule has 0 aromatic rings. The molecule has 0 spiro atoms. The van der Waals surface area contributed by atoms with Crippen LogP contribution in [0.2, 0.25) is 0 Å². The maximum atomic E-state index is 3.98. The van der Waals surface area contributed by atoms with Gasteiger partial charge < -0.3 is 5.32 Å². The molecule has 0 unspecified atom stereocenters. The van der Waals surface area contributed by atoms with Crippen molar-refractivity contribution in [1.29, 1.82) is 0 Å². The van der Waals surface area contributed by atoms with Crippen LogP contribution in [0, 0.1) is 17.8 Å². The van der Waals surface area contributed by atoms with Gasteiger partial charge in [0.2, 0.25) is 0 Å². The van der Waals surface area contributed by atoms with Gasteiger partial charge in [-0.05, 0) is 63.2 Å². The highest BCUT2D eigenvalue weighted by molar-refractivity contribution is 4.83. The summed E-state index contributed by atoms with van der Waals surface area (Å²) in [5, 5.41) is 3.98. The lowest BCUT2D eigenvalue weighted by Gasteiger charge is -2.35. The minimum absolute atomic E-state index is 0.749. The van der Waals surface area contributed by atoms with E-state index >= 15 is 0 Å². The molecule has 19 heavy (non-hydrogen) atoms. The van der Waals surface area contributed by atoms with Crippen molar-refractivity contribution in [3.63, 3.8) is 0 Å². The van der Waals surface area contributed by atoms with Gasteiger partial charge in [0.05, 0.1) is 0 Å². The van der Waals surface area contributed by atoms with Crippen molar-refractivity contribution in [1.82, 2.24) is 5.32 Å². The van der Waals surface area contributed by atoms with Crippen molar-refractivity contribution in [2.24, 2.45) is 17.8 Å². The quantitative estimate of drug-likeness (QED) is 0.693. The van der Waals surface area contributed by atoms with E-state index < -0.39 is 0 Å². The van der Waals surface area contributed by atoms with Gasteiger partial charge in [-0.15, -0.1) is 0 Å². The molecule has 2 rings (SSSR count). The molecule has 0 bridgehead atoms. The van der Waals surface area contributed by atoms with Crippen LogP contribution >= 0.6 is 0 Å². The zero-order valence-corrected chi connectivity index (χ0v) is 13.5. The lowest BCUT2D eigenvalue weighted by Crippen LogP contribution is -2.43. The van der Waals surface area contributed by atoms with Crippen molar-refractivity contribution in [2.45, 2.75) is 97.1 Å². The van der Waals surface area contributed by atoms with Gasteiger partial charge in [0.15, 0.2) is 0 Å². The third kappa shape index (κ3) is 4.77. The minimum Gasteiger partial charge on any atom is -0.311 e. The van der Waals surface area contributed by atoms with Crippen molar-refractivity contribution in [2.75, 3.05) is 0 Å². The topological polar surface area (TPSA) is 12.0 Å². The summed E-state index contributed by atoms with van der Waals surface area (Å²) in [4.78, 5) is 0. The highest BCUT2D eigenvalue weighted by atomic mass is 15.0. The molecule has 1 atom stereocenters. The van der Waals surface area contributed by atoms with Gasteiger partial charge in [-0.1, -0.05) is 39.5 Å². The van der Waals surface area contributed by atoms with Gasteiger partial charge in [0, 0.05) is 12.1 Å². The zero-order chi connectivity index (χ0) is 13.7. The van der Waals surface area contributed by atoms with Gasteiger partial charge >= 0.3 is 0 Å². The summed E-state index contributed by atoms with van der Waals surface area (Å²) in [6, 6.07) is 1.56. The minimum atomic E-state index is 0.749. The van der Waals surface area contributed by atoms with Crippen LogP contribution in [0.15, 0.2) is 0 Å². The Bertz CT molecular complexity index is 232. The van der Waals surface area contributed by atoms with Crippen molar-refractivity contribution < 1.29 is 0 Å². The summed E-state index contributed by atoms with van der Waals surface area (Å²) in [5.74, 6) is 2.83.